The van der Waals surface area contributed by atoms with Crippen LogP contribution in [0, 0.1) is 11.3 Å². The maximum Gasteiger partial charge on any atom is 0.0431 e. The minimum Gasteiger partial charge on any atom is -0.396 e. The smallest absolute Gasteiger partial charge is 0.0431 e. The highest BCUT2D eigenvalue weighted by atomic mass is 16.2. The summed E-state index contributed by atoms with van der Waals surface area (Å²) in [4.78, 5) is 2.53. The van der Waals surface area contributed by atoms with Gasteiger partial charge >= 0.3 is 0 Å². The summed E-state index contributed by atoms with van der Waals surface area (Å²) in [5.41, 5.74) is 0.493. The van der Waals surface area contributed by atoms with Crippen molar-refractivity contribution in [2.45, 2.75) is 65.2 Å². The van der Waals surface area contributed by atoms with Crippen LogP contribution in [0.25, 0.3) is 0 Å². The molecule has 126 valence electrons. The van der Waals surface area contributed by atoms with Crippen molar-refractivity contribution in [3.05, 3.63) is 0 Å². The van der Waals surface area contributed by atoms with Crippen molar-refractivity contribution in [2.24, 2.45) is 11.3 Å². The number of hydrogen-bond acceptors (Lipinski definition) is 3. The molecule has 1 aliphatic rings. The second kappa shape index (κ2) is 10.6. The van der Waals surface area contributed by atoms with Crippen LogP contribution < -0.4 is 5.32 Å². The fourth-order valence-corrected chi connectivity index (χ4v) is 3.62. The highest BCUT2D eigenvalue weighted by Gasteiger charge is 2.34. The van der Waals surface area contributed by atoms with Crippen LogP contribution in [0.5, 0.6) is 0 Å². The molecule has 0 heterocycles. The van der Waals surface area contributed by atoms with Gasteiger partial charge in [-0.1, -0.05) is 26.7 Å². The van der Waals surface area contributed by atoms with Gasteiger partial charge in [-0.15, -0.1) is 0 Å². The lowest BCUT2D eigenvalue weighted by atomic mass is 9.70. The highest BCUT2D eigenvalue weighted by molar-refractivity contribution is 4.89. The third-order valence-corrected chi connectivity index (χ3v) is 5.06. The number of nitrogens with one attached hydrogen (secondary N) is 1. The highest BCUT2D eigenvalue weighted by Crippen LogP contribution is 2.39. The molecule has 0 radical (unpaired) electrons. The Morgan fingerprint density at radius 3 is 2.52 bits per heavy atom. The normalized spacial score (nSPS) is 26.4. The first-order valence-corrected chi connectivity index (χ1v) is 9.12. The first kappa shape index (κ1) is 18.9. The summed E-state index contributed by atoms with van der Waals surface area (Å²) in [6.07, 6.45) is 10.1. The lowest BCUT2D eigenvalue weighted by molar-refractivity contribution is 0.0979. The van der Waals surface area contributed by atoms with Gasteiger partial charge in [0, 0.05) is 19.7 Å². The van der Waals surface area contributed by atoms with Gasteiger partial charge in [0.05, 0.1) is 0 Å². The van der Waals surface area contributed by atoms with Crippen molar-refractivity contribution in [3.63, 3.8) is 0 Å². The molecule has 0 spiro atoms. The third kappa shape index (κ3) is 7.62. The molecule has 1 aliphatic carbocycles. The fourth-order valence-electron chi connectivity index (χ4n) is 3.62. The second-order valence-corrected chi connectivity index (χ2v) is 7.38. The molecule has 0 aromatic carbocycles. The molecular formula is C18H38N2O. The minimum atomic E-state index is 0.340. The van der Waals surface area contributed by atoms with Crippen molar-refractivity contribution in [1.29, 1.82) is 0 Å². The van der Waals surface area contributed by atoms with Crippen LogP contribution in [0.15, 0.2) is 0 Å². The van der Waals surface area contributed by atoms with E-state index in [2.05, 4.69) is 31.1 Å². The molecule has 0 aromatic rings. The van der Waals surface area contributed by atoms with Gasteiger partial charge < -0.3 is 15.3 Å². The zero-order valence-corrected chi connectivity index (χ0v) is 14.7. The van der Waals surface area contributed by atoms with Crippen molar-refractivity contribution in [3.8, 4) is 0 Å². The molecule has 1 rings (SSSR count). The fraction of sp³-hybridized carbons (Fsp3) is 1.00. The molecule has 1 fully saturated rings. The van der Waals surface area contributed by atoms with Crippen molar-refractivity contribution in [2.75, 3.05) is 39.8 Å². The maximum atomic E-state index is 8.86. The van der Waals surface area contributed by atoms with Gasteiger partial charge in [0.25, 0.3) is 0 Å². The quantitative estimate of drug-likeness (QED) is 0.575. The Hall–Kier alpha value is -0.120. The molecule has 0 atom stereocenters. The lowest BCUT2D eigenvalue weighted by Gasteiger charge is -2.42. The Morgan fingerprint density at radius 2 is 1.90 bits per heavy atom. The van der Waals surface area contributed by atoms with E-state index >= 15 is 0 Å². The number of aliphatic hydroxyl groups is 1. The maximum absolute atomic E-state index is 8.86. The van der Waals surface area contributed by atoms with Gasteiger partial charge in [-0.05, 0) is 70.0 Å². The van der Waals surface area contributed by atoms with Gasteiger partial charge in [0.1, 0.15) is 0 Å². The molecule has 21 heavy (non-hydrogen) atoms. The predicted octanol–water partition coefficient (Wildman–Crippen LogP) is 3.28. The summed E-state index contributed by atoms with van der Waals surface area (Å²) >= 11 is 0. The first-order valence-electron chi connectivity index (χ1n) is 9.12. The van der Waals surface area contributed by atoms with Crippen LogP contribution in [0.1, 0.15) is 65.2 Å². The number of rotatable bonds is 11. The van der Waals surface area contributed by atoms with E-state index in [0.29, 0.717) is 12.0 Å². The van der Waals surface area contributed by atoms with E-state index in [1.165, 1.54) is 58.2 Å². The summed E-state index contributed by atoms with van der Waals surface area (Å²) in [7, 11) is 2.28. The number of nitrogens with zero attached hydrogens (tertiary/aromatic N) is 1. The predicted molar refractivity (Wildman–Crippen MR) is 91.7 cm³/mol. The van der Waals surface area contributed by atoms with E-state index in [1.54, 1.807) is 0 Å². The van der Waals surface area contributed by atoms with E-state index < -0.39 is 0 Å². The number of aliphatic hydroxyl groups excluding tert-OH is 1. The van der Waals surface area contributed by atoms with E-state index in [4.69, 9.17) is 5.11 Å². The molecular weight excluding hydrogens is 260 g/mol. The largest absolute Gasteiger partial charge is 0.396 e. The summed E-state index contributed by atoms with van der Waals surface area (Å²) in [6.45, 7) is 9.73. The molecule has 0 aliphatic heterocycles. The van der Waals surface area contributed by atoms with Crippen LogP contribution in [0.4, 0.5) is 0 Å². The van der Waals surface area contributed by atoms with Gasteiger partial charge in [-0.2, -0.15) is 0 Å². The monoisotopic (exact) mass is 298 g/mol. The lowest BCUT2D eigenvalue weighted by Crippen LogP contribution is -2.45. The van der Waals surface area contributed by atoms with Gasteiger partial charge in [-0.25, -0.2) is 0 Å². The average molecular weight is 299 g/mol. The van der Waals surface area contributed by atoms with Gasteiger partial charge in [0.2, 0.25) is 0 Å². The van der Waals surface area contributed by atoms with Gasteiger partial charge in [-0.3, -0.25) is 0 Å². The zero-order chi connectivity index (χ0) is 15.6. The molecule has 0 amide bonds. The number of hydrogen-bond donors (Lipinski definition) is 2. The SMILES string of the molecule is CCCNCC1(CN(C)CCCCCO)CCC(C)CC1. The van der Waals surface area contributed by atoms with Crippen molar-refractivity contribution < 1.29 is 5.11 Å². The summed E-state index contributed by atoms with van der Waals surface area (Å²) in [5, 5.41) is 12.5. The molecule has 1 saturated carbocycles. The van der Waals surface area contributed by atoms with Crippen molar-refractivity contribution >= 4 is 0 Å². The third-order valence-electron chi connectivity index (χ3n) is 5.06. The molecule has 3 nitrogen and oxygen atoms in total. The summed E-state index contributed by atoms with van der Waals surface area (Å²) < 4.78 is 0. The minimum absolute atomic E-state index is 0.340. The van der Waals surface area contributed by atoms with Crippen LogP contribution in [0.2, 0.25) is 0 Å². The van der Waals surface area contributed by atoms with E-state index in [9.17, 15) is 0 Å². The Kier molecular flexibility index (Phi) is 9.54. The topological polar surface area (TPSA) is 35.5 Å². The van der Waals surface area contributed by atoms with Crippen LogP contribution in [0.3, 0.4) is 0 Å². The Balaban J connectivity index is 2.40. The zero-order valence-electron chi connectivity index (χ0n) is 14.7. The summed E-state index contributed by atoms with van der Waals surface area (Å²) in [6, 6.07) is 0. The first-order chi connectivity index (χ1) is 10.1. The molecule has 0 unspecified atom stereocenters. The molecule has 0 bridgehead atoms. The Bertz CT molecular complexity index is 250. The Labute approximate surface area is 132 Å². The van der Waals surface area contributed by atoms with Crippen molar-refractivity contribution in [1.82, 2.24) is 10.2 Å². The standard InChI is InChI=1S/C18H38N2O/c1-4-12-19-15-18(10-8-17(2)9-11-18)16-20(3)13-6-5-7-14-21/h17,19,21H,4-16H2,1-3H3. The molecule has 2 N–H and O–H groups in total. The van der Waals surface area contributed by atoms with E-state index in [0.717, 1.165) is 25.3 Å². The van der Waals surface area contributed by atoms with Crippen LogP contribution in [-0.4, -0.2) is 49.8 Å². The average Bonchev–Trinajstić information content (AvgIpc) is 2.47. The molecule has 3 heteroatoms. The second-order valence-electron chi connectivity index (χ2n) is 7.38. The molecule has 0 saturated heterocycles. The van der Waals surface area contributed by atoms with Crippen LogP contribution in [-0.2, 0) is 0 Å². The van der Waals surface area contributed by atoms with Crippen LogP contribution >= 0.6 is 0 Å². The van der Waals surface area contributed by atoms with E-state index in [-0.39, 0.29) is 0 Å². The Morgan fingerprint density at radius 1 is 1.19 bits per heavy atom. The summed E-state index contributed by atoms with van der Waals surface area (Å²) in [5.74, 6) is 0.916. The molecule has 0 aromatic heterocycles. The van der Waals surface area contributed by atoms with E-state index in [1.807, 2.05) is 0 Å². The van der Waals surface area contributed by atoms with Gasteiger partial charge in [0.15, 0.2) is 0 Å². The number of unbranched alkanes of at least 4 members (excludes halogenated alkanes) is 2.